The molecule has 97 heavy (non-hydrogen) atoms. The van der Waals surface area contributed by atoms with E-state index in [9.17, 15) is 15.3 Å². The van der Waals surface area contributed by atoms with Crippen LogP contribution in [0.25, 0.3) is 67.1 Å². The summed E-state index contributed by atoms with van der Waals surface area (Å²) in [5.74, 6) is 1.73. The van der Waals surface area contributed by atoms with E-state index in [4.69, 9.17) is 35.1 Å². The largest absolute Gasteiger partial charge is 0.508 e. The lowest BCUT2D eigenvalue weighted by atomic mass is 9.59. The Balaban J connectivity index is 0.878. The summed E-state index contributed by atoms with van der Waals surface area (Å²) in [6.07, 6.45) is 17.4. The van der Waals surface area contributed by atoms with E-state index in [-0.39, 0.29) is 94.4 Å². The number of phenolic OH excluding ortho intramolecular Hbond substituents is 1. The summed E-state index contributed by atoms with van der Waals surface area (Å²) in [6, 6.07) is 51.9. The molecule has 2 saturated carbocycles. The molecule has 10 aromatic rings. The van der Waals surface area contributed by atoms with Gasteiger partial charge in [0.25, 0.3) is 0 Å². The van der Waals surface area contributed by atoms with Gasteiger partial charge in [0.2, 0.25) is 5.75 Å². The van der Waals surface area contributed by atoms with Gasteiger partial charge in [-0.05, 0) is 172 Å². The number of aromatic amines is 1. The number of guanidine groups is 1. The number of hydrogen-bond acceptors (Lipinski definition) is 11. The minimum absolute atomic E-state index is 0.000477. The third-order valence-corrected chi connectivity index (χ3v) is 22.7. The van der Waals surface area contributed by atoms with Crippen LogP contribution in [0.2, 0.25) is 0 Å². The predicted molar refractivity (Wildman–Crippen MR) is 388 cm³/mol. The summed E-state index contributed by atoms with van der Waals surface area (Å²) < 4.78 is 27.2. The van der Waals surface area contributed by atoms with E-state index in [0.29, 0.717) is 41.8 Å². The fourth-order valence-corrected chi connectivity index (χ4v) is 18.0. The van der Waals surface area contributed by atoms with Crippen LogP contribution in [0.15, 0.2) is 178 Å². The average Bonchev–Trinajstić information content (AvgIpc) is 1.59. The summed E-state index contributed by atoms with van der Waals surface area (Å²) in [6.45, 7) is 4.51. The lowest BCUT2D eigenvalue weighted by molar-refractivity contribution is 0.157. The van der Waals surface area contributed by atoms with Gasteiger partial charge in [0.15, 0.2) is 22.9 Å². The van der Waals surface area contributed by atoms with Gasteiger partial charge >= 0.3 is 0 Å². The van der Waals surface area contributed by atoms with Crippen molar-refractivity contribution in [3.8, 4) is 45.4 Å². The smallest absolute Gasteiger partial charge is 0.204 e. The molecule has 494 valence electrons. The molecule has 0 radical (unpaired) electrons. The minimum Gasteiger partial charge on any atom is -0.508 e. The Morgan fingerprint density at radius 2 is 1.67 bits per heavy atom. The number of piperazine rings is 1. The van der Waals surface area contributed by atoms with Crippen LogP contribution < -0.4 is 41.3 Å². The number of aliphatic hydroxyl groups is 2. The summed E-state index contributed by atoms with van der Waals surface area (Å²) in [5.41, 5.74) is 25.9. The fraction of sp³-hybridized carbons (Fsp3) is 0.325. The number of nitrogens with zero attached hydrogens (tertiary/aromatic N) is 2. The molecule has 17 rings (SSSR count). The van der Waals surface area contributed by atoms with Crippen LogP contribution in [0.5, 0.6) is 23.0 Å². The number of methoxy groups -OCH3 is 1. The topological polar surface area (TPSA) is 214 Å². The number of phenols is 1. The first-order valence-electron chi connectivity index (χ1n) is 34.8. The zero-order chi connectivity index (χ0) is 66.2. The van der Waals surface area contributed by atoms with Crippen LogP contribution in [0.1, 0.15) is 108 Å². The molecule has 9 N–H and O–H groups in total. The monoisotopic (exact) mass is 1290 g/mol. The van der Waals surface area contributed by atoms with Gasteiger partial charge in [-0.1, -0.05) is 147 Å². The second kappa shape index (κ2) is 25.1. The molecule has 1 saturated heterocycles. The first-order chi connectivity index (χ1) is 47.3. The van der Waals surface area contributed by atoms with Crippen molar-refractivity contribution in [3.05, 3.63) is 224 Å². The number of nitrogens with one attached hydrogen (secondary N) is 2. The number of aromatic nitrogens is 1. The van der Waals surface area contributed by atoms with Crippen molar-refractivity contribution < 1.29 is 33.9 Å². The molecular formula is C83H84N6O8. The van der Waals surface area contributed by atoms with Crippen molar-refractivity contribution in [2.75, 3.05) is 51.5 Å². The molecular weight excluding hydrogens is 1210 g/mol. The Bertz CT molecular complexity index is 4850. The fourth-order valence-electron chi connectivity index (χ4n) is 18.0. The zero-order valence-corrected chi connectivity index (χ0v) is 55.2. The number of hydrogen-bond donors (Lipinski definition) is 7. The minimum atomic E-state index is -0.879. The van der Waals surface area contributed by atoms with Gasteiger partial charge in [-0.2, -0.15) is 0 Å². The van der Waals surface area contributed by atoms with Gasteiger partial charge in [-0.25, -0.2) is 4.99 Å². The van der Waals surface area contributed by atoms with Crippen LogP contribution in [-0.2, 0) is 41.9 Å². The molecule has 7 aliphatic rings. The van der Waals surface area contributed by atoms with Crippen LogP contribution in [0.3, 0.4) is 0 Å². The Kier molecular flexibility index (Phi) is 16.1. The van der Waals surface area contributed by atoms with E-state index in [1.54, 1.807) is 30.3 Å². The van der Waals surface area contributed by atoms with Crippen molar-refractivity contribution in [2.45, 2.75) is 112 Å². The molecule has 6 atom stereocenters. The molecule has 4 bridgehead atoms. The van der Waals surface area contributed by atoms with Gasteiger partial charge < -0.3 is 60.6 Å². The average molecular weight is 1290 g/mol. The Labute approximate surface area is 565 Å². The van der Waals surface area contributed by atoms with Gasteiger partial charge in [0.05, 0.1) is 38.2 Å². The number of aromatic hydroxyl groups is 1. The number of fused-ring (bicyclic) bond motifs is 9. The summed E-state index contributed by atoms with van der Waals surface area (Å²) in [5, 5.41) is 42.8. The number of H-pyrrole nitrogens is 1. The number of anilines is 1. The molecule has 4 aliphatic carbocycles. The maximum atomic E-state index is 15.1. The first-order valence-corrected chi connectivity index (χ1v) is 34.8. The van der Waals surface area contributed by atoms with Crippen LogP contribution >= 0.6 is 0 Å². The van der Waals surface area contributed by atoms with Gasteiger partial charge in [0, 0.05) is 83.3 Å². The highest BCUT2D eigenvalue weighted by Crippen LogP contribution is 2.66. The Hall–Kier alpha value is -9.60. The molecule has 5 heterocycles. The van der Waals surface area contributed by atoms with E-state index in [2.05, 4.69) is 125 Å². The van der Waals surface area contributed by atoms with Gasteiger partial charge in [0.1, 0.15) is 28.3 Å². The Morgan fingerprint density at radius 3 is 2.49 bits per heavy atom. The lowest BCUT2D eigenvalue weighted by Gasteiger charge is -2.50. The highest BCUT2D eigenvalue weighted by molar-refractivity contribution is 6.06. The molecule has 14 nitrogen and oxygen atoms in total. The number of ether oxygens (including phenoxy) is 3. The van der Waals surface area contributed by atoms with E-state index in [1.165, 1.54) is 75.5 Å². The van der Waals surface area contributed by atoms with Crippen LogP contribution in [0, 0.1) is 11.8 Å². The number of aryl methyl sites for hydroxylation is 3. The normalized spacial score (nSPS) is 22.1. The number of aliphatic imine (C=N–C) groups is 1. The number of nitrogens with two attached hydrogens (primary N) is 2. The molecule has 8 aromatic carbocycles. The quantitative estimate of drug-likeness (QED) is 0.0366. The van der Waals surface area contributed by atoms with Gasteiger partial charge in [-0.3, -0.25) is 4.79 Å². The van der Waals surface area contributed by atoms with Crippen molar-refractivity contribution in [3.63, 3.8) is 0 Å². The summed E-state index contributed by atoms with van der Waals surface area (Å²) >= 11 is 0. The summed E-state index contributed by atoms with van der Waals surface area (Å²) in [4.78, 5) is 27.1. The second-order valence-electron chi connectivity index (χ2n) is 28.5. The van der Waals surface area contributed by atoms with E-state index >= 15 is 4.79 Å². The Morgan fingerprint density at radius 1 is 0.835 bits per heavy atom. The molecule has 0 amide bonds. The van der Waals surface area contributed by atoms with E-state index < -0.39 is 17.4 Å². The first kappa shape index (κ1) is 62.2. The van der Waals surface area contributed by atoms with Crippen LogP contribution in [-0.4, -0.2) is 85.0 Å². The van der Waals surface area contributed by atoms with Crippen molar-refractivity contribution in [1.29, 1.82) is 0 Å². The molecule has 3 aliphatic heterocycles. The molecule has 14 heteroatoms. The zero-order valence-electron chi connectivity index (χ0n) is 55.2. The van der Waals surface area contributed by atoms with Crippen molar-refractivity contribution in [1.82, 2.24) is 10.3 Å². The predicted octanol–water partition coefficient (Wildman–Crippen LogP) is 14.4. The highest BCUT2D eigenvalue weighted by atomic mass is 16.5. The molecule has 2 aromatic heterocycles. The highest BCUT2D eigenvalue weighted by Gasteiger charge is 2.62. The maximum absolute atomic E-state index is 15.1. The number of allylic oxidation sites excluding steroid dienone is 1. The molecule has 6 unspecified atom stereocenters. The summed E-state index contributed by atoms with van der Waals surface area (Å²) in [7, 11) is 1.53. The van der Waals surface area contributed by atoms with Gasteiger partial charge in [-0.15, -0.1) is 0 Å². The standard InChI is InChI=1S/C83H84N6O8/c1-81(33-8-9-34-81)70-43-66-55-15-10-13-51(39-55)18-30-65-75-73(68(93)44-69(97-75)53-23-28-61(91)29-24-53)77(95-38-32-62(92)27-17-50-11-4-3-5-12-50)78(94-2)76(65)96-48-52(47-90)40-57-22-25-59(42-67(57)87-80(84)85)83(71-46-86-36-37-89(71)79(66)88-70)45-60-26-21-54-19-20-58-41-56-14-6-7-16-63(56)64-31-35-82(60,49-83)74(54)72(58)64/h3-7,10-17,19-29,39,41-44,52,60,62,71,86,88,90-92H,8-9,18,30-38,40,45-49H2,1-2H3,(H4,84,85,87). The van der Waals surface area contributed by atoms with E-state index in [1.807, 2.05) is 36.4 Å². The molecule has 2 spiro atoms. The van der Waals surface area contributed by atoms with E-state index in [0.717, 1.165) is 91.8 Å². The number of benzene rings is 8. The van der Waals surface area contributed by atoms with Crippen molar-refractivity contribution in [2.24, 2.45) is 28.3 Å². The number of rotatable bonds is 11. The van der Waals surface area contributed by atoms with Crippen molar-refractivity contribution >= 4 is 62.1 Å². The third-order valence-electron chi connectivity index (χ3n) is 22.7. The lowest BCUT2D eigenvalue weighted by Crippen LogP contribution is -2.61. The van der Waals surface area contributed by atoms with Crippen LogP contribution in [0.4, 0.5) is 11.5 Å². The maximum Gasteiger partial charge on any atom is 0.204 e. The SMILES string of the molecule is COc1c2c(c3oc(-c4ccc(O)cc4)cc(=O)c3c1OCCC(O)C=Cc1ccccc1)CCc1cccc(c1)-c1cc(C3(C)CCCC3)[nH]c1N1CCNCC1C1(CC3C=Cc4ccc5cc6ccccc6c6c5c4C3(CC6)C1)c1ccc(c(N=C(N)N)c1)CC(CO)CO2. The molecule has 3 fully saturated rings. The third kappa shape index (κ3) is 11.0. The number of aliphatic hydroxyl groups excluding tert-OH is 2. The second-order valence-corrected chi connectivity index (χ2v) is 28.5.